The first-order valence-electron chi connectivity index (χ1n) is 11.2. The molecule has 0 aliphatic heterocycles. The molecule has 0 radical (unpaired) electrons. The van der Waals surface area contributed by atoms with Gasteiger partial charge in [0, 0.05) is 35.8 Å². The molecule has 0 aliphatic rings. The van der Waals surface area contributed by atoms with Crippen LogP contribution in [0.2, 0.25) is 0 Å². The van der Waals surface area contributed by atoms with Crippen molar-refractivity contribution in [2.24, 2.45) is 0 Å². The first kappa shape index (κ1) is 22.1. The molecule has 1 amide bonds. The number of carbonyl (C=O) groups excluding carboxylic acids is 1. The summed E-state index contributed by atoms with van der Waals surface area (Å²) in [7, 11) is 0. The number of hydrogen-bond acceptors (Lipinski definition) is 5. The molecule has 0 N–H and O–H groups in total. The molecule has 2 aromatic carbocycles. The molecular weight excluding hydrogens is 446 g/mol. The average Bonchev–Trinajstić information content (AvgIpc) is 3.61. The van der Waals surface area contributed by atoms with Crippen LogP contribution in [0.25, 0.3) is 16.2 Å². The molecule has 0 spiro atoms. The fraction of sp³-hybridized carbons (Fsp3) is 0.185. The van der Waals surface area contributed by atoms with Crippen molar-refractivity contribution in [3.63, 3.8) is 0 Å². The van der Waals surface area contributed by atoms with Gasteiger partial charge in [-0.1, -0.05) is 60.7 Å². The van der Waals surface area contributed by atoms with E-state index in [-0.39, 0.29) is 12.5 Å². The van der Waals surface area contributed by atoms with Gasteiger partial charge in [0.2, 0.25) is 5.91 Å². The summed E-state index contributed by atoms with van der Waals surface area (Å²) in [5, 5.41) is 2.11. The van der Waals surface area contributed by atoms with Crippen molar-refractivity contribution >= 4 is 22.2 Å². The smallest absolute Gasteiger partial charge is 0.249 e. The van der Waals surface area contributed by atoms with Gasteiger partial charge in [-0.2, -0.15) is 0 Å². The lowest BCUT2D eigenvalue weighted by Crippen LogP contribution is -2.35. The lowest BCUT2D eigenvalue weighted by Gasteiger charge is -2.21. The van der Waals surface area contributed by atoms with E-state index in [2.05, 4.69) is 28.1 Å². The first-order chi connectivity index (χ1) is 16.8. The second-order valence-corrected chi connectivity index (χ2v) is 8.83. The van der Waals surface area contributed by atoms with Crippen LogP contribution < -0.4 is 0 Å². The van der Waals surface area contributed by atoms with Gasteiger partial charge >= 0.3 is 0 Å². The molecule has 0 atom stereocenters. The number of thiazole rings is 1. The maximum atomic E-state index is 13.0. The molecule has 0 saturated carbocycles. The van der Waals surface area contributed by atoms with E-state index in [0.29, 0.717) is 26.1 Å². The second-order valence-electron chi connectivity index (χ2n) is 7.99. The van der Waals surface area contributed by atoms with E-state index in [1.54, 1.807) is 22.5 Å². The van der Waals surface area contributed by atoms with Crippen molar-refractivity contribution in [1.29, 1.82) is 0 Å². The minimum atomic E-state index is -0.0607. The van der Waals surface area contributed by atoms with Gasteiger partial charge < -0.3 is 14.1 Å². The molecule has 3 heterocycles. The number of fused-ring (bicyclic) bond motifs is 1. The highest BCUT2D eigenvalue weighted by atomic mass is 32.1. The van der Waals surface area contributed by atoms with Crippen LogP contribution in [0.15, 0.2) is 95.1 Å². The summed E-state index contributed by atoms with van der Waals surface area (Å²) in [6.45, 7) is 1.40. The summed E-state index contributed by atoms with van der Waals surface area (Å²) in [6, 6.07) is 23.7. The van der Waals surface area contributed by atoms with Gasteiger partial charge in [0.1, 0.15) is 12.4 Å². The zero-order chi connectivity index (χ0) is 23.2. The van der Waals surface area contributed by atoms with Crippen LogP contribution in [0.3, 0.4) is 0 Å². The number of ether oxygens (including phenoxy) is 1. The highest BCUT2D eigenvalue weighted by Crippen LogP contribution is 2.24. The lowest BCUT2D eigenvalue weighted by atomic mass is 10.2. The number of hydrogen-bond donors (Lipinski definition) is 0. The van der Waals surface area contributed by atoms with E-state index in [0.717, 1.165) is 33.2 Å². The fourth-order valence-electron chi connectivity index (χ4n) is 3.81. The van der Waals surface area contributed by atoms with E-state index in [9.17, 15) is 4.79 Å². The van der Waals surface area contributed by atoms with Crippen molar-refractivity contribution in [2.75, 3.05) is 13.2 Å². The van der Waals surface area contributed by atoms with Gasteiger partial charge in [-0.15, -0.1) is 11.3 Å². The molecule has 3 aromatic heterocycles. The maximum absolute atomic E-state index is 13.0. The Bertz CT molecular complexity index is 1330. The van der Waals surface area contributed by atoms with E-state index in [4.69, 9.17) is 14.1 Å². The Morgan fingerprint density at radius 3 is 2.59 bits per heavy atom. The second kappa shape index (κ2) is 10.5. The number of aromatic nitrogens is 2. The zero-order valence-electron chi connectivity index (χ0n) is 18.7. The van der Waals surface area contributed by atoms with Crippen LogP contribution in [0.4, 0.5) is 0 Å². The Morgan fingerprint density at radius 2 is 1.82 bits per heavy atom. The van der Waals surface area contributed by atoms with Crippen LogP contribution in [-0.2, 0) is 29.1 Å². The standard InChI is InChI=1S/C27H25N3O3S/c31-26(19-32-18-21-8-3-1-4-9-21)29(16-24-12-7-15-33-24)14-13-23-20-34-27-28-25(17-30(23)27)22-10-5-2-6-11-22/h1-12,15,17,20H,13-14,16,18-19H2. The fourth-order valence-corrected chi connectivity index (χ4v) is 4.72. The third-order valence-corrected chi connectivity index (χ3v) is 6.50. The summed E-state index contributed by atoms with van der Waals surface area (Å²) in [4.78, 5) is 20.5. The maximum Gasteiger partial charge on any atom is 0.249 e. The van der Waals surface area contributed by atoms with Crippen molar-refractivity contribution in [3.8, 4) is 11.3 Å². The Hall–Kier alpha value is -3.68. The third kappa shape index (κ3) is 5.27. The zero-order valence-corrected chi connectivity index (χ0v) is 19.5. The van der Waals surface area contributed by atoms with Crippen LogP contribution in [0.5, 0.6) is 0 Å². The first-order valence-corrected chi connectivity index (χ1v) is 12.1. The number of furan rings is 1. The molecule has 0 unspecified atom stereocenters. The lowest BCUT2D eigenvalue weighted by molar-refractivity contribution is -0.137. The minimum Gasteiger partial charge on any atom is -0.467 e. The van der Waals surface area contributed by atoms with Crippen molar-refractivity contribution in [2.45, 2.75) is 19.6 Å². The number of nitrogens with zero attached hydrogens (tertiary/aromatic N) is 3. The van der Waals surface area contributed by atoms with Crippen LogP contribution in [-0.4, -0.2) is 33.3 Å². The molecule has 5 aromatic rings. The Balaban J connectivity index is 1.26. The molecular formula is C27H25N3O3S. The highest BCUT2D eigenvalue weighted by molar-refractivity contribution is 7.15. The van der Waals surface area contributed by atoms with Gasteiger partial charge in [0.15, 0.2) is 4.96 Å². The topological polar surface area (TPSA) is 60.0 Å². The number of rotatable bonds is 10. The van der Waals surface area contributed by atoms with E-state index in [1.165, 1.54) is 0 Å². The summed E-state index contributed by atoms with van der Waals surface area (Å²) in [5.74, 6) is 0.690. The molecule has 172 valence electrons. The van der Waals surface area contributed by atoms with E-state index < -0.39 is 0 Å². The quantitative estimate of drug-likeness (QED) is 0.272. The van der Waals surface area contributed by atoms with Crippen LogP contribution in [0.1, 0.15) is 17.0 Å². The van der Waals surface area contributed by atoms with Gasteiger partial charge in [0.25, 0.3) is 0 Å². The molecule has 0 saturated heterocycles. The SMILES string of the molecule is O=C(COCc1ccccc1)N(CCc1csc2nc(-c3ccccc3)cn12)Cc1ccco1. The monoisotopic (exact) mass is 471 g/mol. The predicted octanol–water partition coefficient (Wildman–Crippen LogP) is 5.44. The average molecular weight is 472 g/mol. The predicted molar refractivity (Wildman–Crippen MR) is 132 cm³/mol. The van der Waals surface area contributed by atoms with Crippen LogP contribution >= 0.6 is 11.3 Å². The molecule has 5 rings (SSSR count). The van der Waals surface area contributed by atoms with Gasteiger partial charge in [-0.3, -0.25) is 9.20 Å². The number of carbonyl (C=O) groups is 1. The molecule has 0 fully saturated rings. The number of benzene rings is 2. The molecule has 6 nitrogen and oxygen atoms in total. The number of amides is 1. The Kier molecular flexibility index (Phi) is 6.84. The Labute approximate surface area is 202 Å². The van der Waals surface area contributed by atoms with Gasteiger partial charge in [-0.25, -0.2) is 4.98 Å². The van der Waals surface area contributed by atoms with Crippen molar-refractivity contribution in [1.82, 2.24) is 14.3 Å². The Morgan fingerprint density at radius 1 is 1.03 bits per heavy atom. The number of imidazole rings is 1. The summed E-state index contributed by atoms with van der Waals surface area (Å²) < 4.78 is 13.3. The molecule has 0 aliphatic carbocycles. The van der Waals surface area contributed by atoms with E-state index in [1.807, 2.05) is 60.7 Å². The highest BCUT2D eigenvalue weighted by Gasteiger charge is 2.17. The van der Waals surface area contributed by atoms with Crippen molar-refractivity contribution in [3.05, 3.63) is 108 Å². The third-order valence-electron chi connectivity index (χ3n) is 5.61. The van der Waals surface area contributed by atoms with Crippen LogP contribution in [0, 0.1) is 0 Å². The molecule has 34 heavy (non-hydrogen) atoms. The summed E-state index contributed by atoms with van der Waals surface area (Å²) in [5.41, 5.74) is 4.21. The minimum absolute atomic E-state index is 0.0257. The molecule has 7 heteroatoms. The summed E-state index contributed by atoms with van der Waals surface area (Å²) >= 11 is 1.61. The van der Waals surface area contributed by atoms with Gasteiger partial charge in [0.05, 0.1) is 25.1 Å². The van der Waals surface area contributed by atoms with E-state index >= 15 is 0 Å². The van der Waals surface area contributed by atoms with Gasteiger partial charge in [-0.05, 0) is 17.7 Å². The normalized spacial score (nSPS) is 11.2. The van der Waals surface area contributed by atoms with Crippen molar-refractivity contribution < 1.29 is 13.9 Å². The molecule has 0 bridgehead atoms. The largest absolute Gasteiger partial charge is 0.467 e. The summed E-state index contributed by atoms with van der Waals surface area (Å²) in [6.07, 6.45) is 4.40.